The fraction of sp³-hybridized carbons (Fsp3) is 0.818. The lowest BCUT2D eigenvalue weighted by atomic mass is 9.98. The highest BCUT2D eigenvalue weighted by atomic mass is 16.3. The Kier molecular flexibility index (Phi) is 6.09. The minimum Gasteiger partial charge on any atom is -0.393 e. The van der Waals surface area contributed by atoms with Crippen LogP contribution in [0.3, 0.4) is 0 Å². The van der Waals surface area contributed by atoms with E-state index in [1.165, 1.54) is 12.0 Å². The van der Waals surface area contributed by atoms with Gasteiger partial charge in [-0.15, -0.1) is 0 Å². The molecule has 0 aromatic heterocycles. The van der Waals surface area contributed by atoms with Crippen molar-refractivity contribution in [3.63, 3.8) is 0 Å². The first kappa shape index (κ1) is 11.7. The number of aliphatic hydroxyl groups is 1. The maximum atomic E-state index is 9.03. The van der Waals surface area contributed by atoms with E-state index in [-0.39, 0.29) is 6.10 Å². The summed E-state index contributed by atoms with van der Waals surface area (Å²) in [6.07, 6.45) is 5.19. The van der Waals surface area contributed by atoms with Gasteiger partial charge in [0.1, 0.15) is 0 Å². The zero-order valence-corrected chi connectivity index (χ0v) is 8.80. The summed E-state index contributed by atoms with van der Waals surface area (Å²) in [7, 11) is 0. The second kappa shape index (κ2) is 6.24. The molecule has 0 aromatic rings. The van der Waals surface area contributed by atoms with E-state index in [0.717, 1.165) is 12.8 Å². The van der Waals surface area contributed by atoms with Crippen LogP contribution in [-0.2, 0) is 0 Å². The molecule has 0 heterocycles. The Hall–Kier alpha value is -0.300. The highest BCUT2D eigenvalue weighted by Crippen LogP contribution is 2.14. The molecule has 72 valence electrons. The van der Waals surface area contributed by atoms with Gasteiger partial charge in [-0.05, 0) is 39.0 Å². The van der Waals surface area contributed by atoms with Gasteiger partial charge in [0.15, 0.2) is 0 Å². The number of hydrogen-bond acceptors (Lipinski definition) is 1. The predicted octanol–water partition coefficient (Wildman–Crippen LogP) is 3.14. The van der Waals surface area contributed by atoms with Gasteiger partial charge in [-0.1, -0.05) is 25.5 Å². The van der Waals surface area contributed by atoms with Crippen LogP contribution in [0.2, 0.25) is 0 Å². The van der Waals surface area contributed by atoms with Crippen LogP contribution >= 0.6 is 0 Å². The fourth-order valence-corrected chi connectivity index (χ4v) is 1.08. The lowest BCUT2D eigenvalue weighted by Crippen LogP contribution is -1.98. The summed E-state index contributed by atoms with van der Waals surface area (Å²) >= 11 is 0. The van der Waals surface area contributed by atoms with Crippen LogP contribution in [-0.4, -0.2) is 11.2 Å². The highest BCUT2D eigenvalue weighted by Gasteiger charge is 2.00. The van der Waals surface area contributed by atoms with E-state index >= 15 is 0 Å². The van der Waals surface area contributed by atoms with E-state index in [9.17, 15) is 0 Å². The largest absolute Gasteiger partial charge is 0.393 e. The lowest BCUT2D eigenvalue weighted by Gasteiger charge is -2.09. The molecule has 0 bridgehead atoms. The van der Waals surface area contributed by atoms with Crippen LogP contribution in [0.5, 0.6) is 0 Å². The van der Waals surface area contributed by atoms with Crippen molar-refractivity contribution in [1.29, 1.82) is 0 Å². The molecule has 0 saturated carbocycles. The molecular weight excluding hydrogens is 148 g/mol. The van der Waals surface area contributed by atoms with Crippen molar-refractivity contribution in [3.8, 4) is 0 Å². The minimum atomic E-state index is -0.161. The van der Waals surface area contributed by atoms with Crippen molar-refractivity contribution < 1.29 is 5.11 Å². The molecule has 0 amide bonds. The van der Waals surface area contributed by atoms with Crippen molar-refractivity contribution in [2.24, 2.45) is 5.92 Å². The van der Waals surface area contributed by atoms with E-state index in [2.05, 4.69) is 26.8 Å². The molecule has 1 nitrogen and oxygen atoms in total. The average molecular weight is 170 g/mol. The zero-order chi connectivity index (χ0) is 9.56. The minimum absolute atomic E-state index is 0.161. The lowest BCUT2D eigenvalue weighted by molar-refractivity contribution is 0.185. The Balaban J connectivity index is 3.68. The predicted molar refractivity (Wildman–Crippen MR) is 54.1 cm³/mol. The first-order valence-electron chi connectivity index (χ1n) is 4.92. The van der Waals surface area contributed by atoms with Gasteiger partial charge in [0, 0.05) is 0 Å². The standard InChI is InChI=1S/C11H22O/c1-5-9(2)10(3)7-6-8-11(4)12/h7,9,11-12H,5-6,8H2,1-4H3. The summed E-state index contributed by atoms with van der Waals surface area (Å²) in [5.41, 5.74) is 1.46. The van der Waals surface area contributed by atoms with Crippen LogP contribution in [0.1, 0.15) is 47.0 Å². The van der Waals surface area contributed by atoms with Gasteiger partial charge in [0.05, 0.1) is 6.10 Å². The molecule has 0 fully saturated rings. The molecule has 0 radical (unpaired) electrons. The first-order chi connectivity index (χ1) is 5.57. The Morgan fingerprint density at radius 3 is 2.42 bits per heavy atom. The molecule has 2 unspecified atom stereocenters. The summed E-state index contributed by atoms with van der Waals surface area (Å²) in [6.45, 7) is 8.47. The molecule has 0 saturated heterocycles. The summed E-state index contributed by atoms with van der Waals surface area (Å²) < 4.78 is 0. The van der Waals surface area contributed by atoms with Crippen molar-refractivity contribution in [3.05, 3.63) is 11.6 Å². The summed E-state index contributed by atoms with van der Waals surface area (Å²) in [4.78, 5) is 0. The molecule has 12 heavy (non-hydrogen) atoms. The van der Waals surface area contributed by atoms with Crippen LogP contribution in [0.4, 0.5) is 0 Å². The third-order valence-corrected chi connectivity index (χ3v) is 2.44. The maximum absolute atomic E-state index is 9.03. The molecule has 2 atom stereocenters. The van der Waals surface area contributed by atoms with Crippen LogP contribution in [0.25, 0.3) is 0 Å². The molecular formula is C11H22O. The van der Waals surface area contributed by atoms with Gasteiger partial charge in [0.2, 0.25) is 0 Å². The number of rotatable bonds is 5. The number of hydrogen-bond donors (Lipinski definition) is 1. The summed E-state index contributed by atoms with van der Waals surface area (Å²) in [6, 6.07) is 0. The quantitative estimate of drug-likeness (QED) is 0.628. The van der Waals surface area contributed by atoms with Crippen molar-refractivity contribution in [2.45, 2.75) is 53.1 Å². The van der Waals surface area contributed by atoms with Gasteiger partial charge in [0.25, 0.3) is 0 Å². The van der Waals surface area contributed by atoms with Gasteiger partial charge >= 0.3 is 0 Å². The van der Waals surface area contributed by atoms with Gasteiger partial charge < -0.3 is 5.11 Å². The zero-order valence-electron chi connectivity index (χ0n) is 8.80. The Morgan fingerprint density at radius 2 is 2.00 bits per heavy atom. The fourth-order valence-electron chi connectivity index (χ4n) is 1.08. The third kappa shape index (κ3) is 5.36. The molecule has 0 spiro atoms. The van der Waals surface area contributed by atoms with E-state index in [1.54, 1.807) is 0 Å². The topological polar surface area (TPSA) is 20.2 Å². The monoisotopic (exact) mass is 170 g/mol. The maximum Gasteiger partial charge on any atom is 0.0515 e. The highest BCUT2D eigenvalue weighted by molar-refractivity contribution is 5.01. The van der Waals surface area contributed by atoms with E-state index in [0.29, 0.717) is 5.92 Å². The van der Waals surface area contributed by atoms with E-state index < -0.39 is 0 Å². The second-order valence-corrected chi connectivity index (χ2v) is 3.68. The summed E-state index contributed by atoms with van der Waals surface area (Å²) in [5.74, 6) is 0.694. The van der Waals surface area contributed by atoms with E-state index in [1.807, 2.05) is 6.92 Å². The van der Waals surface area contributed by atoms with Crippen LogP contribution in [0, 0.1) is 5.92 Å². The van der Waals surface area contributed by atoms with Crippen molar-refractivity contribution in [1.82, 2.24) is 0 Å². The molecule has 0 aromatic carbocycles. The third-order valence-electron chi connectivity index (χ3n) is 2.44. The molecule has 1 heteroatoms. The number of allylic oxidation sites excluding steroid dienone is 2. The van der Waals surface area contributed by atoms with Crippen LogP contribution in [0.15, 0.2) is 11.6 Å². The Morgan fingerprint density at radius 1 is 1.42 bits per heavy atom. The normalized spacial score (nSPS) is 17.6. The van der Waals surface area contributed by atoms with Crippen molar-refractivity contribution in [2.75, 3.05) is 0 Å². The first-order valence-corrected chi connectivity index (χ1v) is 4.92. The molecule has 1 N–H and O–H groups in total. The SMILES string of the molecule is CCC(C)C(C)=CCCC(C)O. The van der Waals surface area contributed by atoms with E-state index in [4.69, 9.17) is 5.11 Å². The average Bonchev–Trinajstić information content (AvgIpc) is 2.02. The van der Waals surface area contributed by atoms with Gasteiger partial charge in [-0.2, -0.15) is 0 Å². The molecule has 0 rings (SSSR count). The molecule has 0 aliphatic rings. The van der Waals surface area contributed by atoms with Crippen LogP contribution < -0.4 is 0 Å². The smallest absolute Gasteiger partial charge is 0.0515 e. The van der Waals surface area contributed by atoms with Crippen molar-refractivity contribution >= 4 is 0 Å². The second-order valence-electron chi connectivity index (χ2n) is 3.68. The molecule has 0 aliphatic heterocycles. The Labute approximate surface area is 76.5 Å². The summed E-state index contributed by atoms with van der Waals surface area (Å²) in [5, 5.41) is 9.03. The van der Waals surface area contributed by atoms with Gasteiger partial charge in [-0.25, -0.2) is 0 Å². The Bertz CT molecular complexity index is 136. The molecule has 0 aliphatic carbocycles. The van der Waals surface area contributed by atoms with Gasteiger partial charge in [-0.3, -0.25) is 0 Å². The number of aliphatic hydroxyl groups excluding tert-OH is 1.